The van der Waals surface area contributed by atoms with Crippen molar-refractivity contribution in [3.63, 3.8) is 0 Å². The van der Waals surface area contributed by atoms with Crippen molar-refractivity contribution >= 4 is 15.9 Å². The molecule has 0 aromatic heterocycles. The molecule has 1 aromatic carbocycles. The summed E-state index contributed by atoms with van der Waals surface area (Å²) in [5, 5.41) is 0. The van der Waals surface area contributed by atoms with Crippen LogP contribution in [0.3, 0.4) is 0 Å². The summed E-state index contributed by atoms with van der Waals surface area (Å²) in [5.74, 6) is 0. The lowest BCUT2D eigenvalue weighted by Gasteiger charge is -2.20. The molecule has 1 rings (SSSR count). The summed E-state index contributed by atoms with van der Waals surface area (Å²) in [5.41, 5.74) is 1.13. The van der Waals surface area contributed by atoms with E-state index in [1.54, 1.807) is 7.11 Å². The van der Waals surface area contributed by atoms with E-state index in [2.05, 4.69) is 15.9 Å². The Morgan fingerprint density at radius 2 is 1.82 bits per heavy atom. The molecule has 1 aromatic rings. The maximum absolute atomic E-state index is 5.24. The minimum atomic E-state index is -0.353. The van der Waals surface area contributed by atoms with E-state index in [0.29, 0.717) is 0 Å². The topological polar surface area (TPSA) is 9.23 Å². The number of hydrogen-bond donors (Lipinski definition) is 0. The number of halogens is 1. The second kappa shape index (κ2) is 3.37. The molecule has 0 radical (unpaired) electrons. The van der Waals surface area contributed by atoms with Gasteiger partial charge in [-0.3, -0.25) is 0 Å². The third-order valence-electron chi connectivity index (χ3n) is 1.67. The summed E-state index contributed by atoms with van der Waals surface area (Å²) in [7, 11) is 1.68. The van der Waals surface area contributed by atoms with Gasteiger partial charge in [-0.05, 0) is 28.4 Å². The summed E-state index contributed by atoms with van der Waals surface area (Å²) in [6.45, 7) is 1.97. The summed E-state index contributed by atoms with van der Waals surface area (Å²) >= 11 is 3.47. The van der Waals surface area contributed by atoms with Gasteiger partial charge >= 0.3 is 0 Å². The number of rotatable bonds is 2. The van der Waals surface area contributed by atoms with E-state index in [0.717, 1.165) is 5.56 Å². The molecule has 0 N–H and O–H groups in total. The Morgan fingerprint density at radius 1 is 1.27 bits per heavy atom. The number of hydrogen-bond acceptors (Lipinski definition) is 1. The number of alkyl halides is 1. The smallest absolute Gasteiger partial charge is 0.144 e. The Morgan fingerprint density at radius 3 is 2.27 bits per heavy atom. The lowest BCUT2D eigenvalue weighted by atomic mass is 10.1. The van der Waals surface area contributed by atoms with Crippen molar-refractivity contribution < 1.29 is 4.74 Å². The molecule has 1 unspecified atom stereocenters. The van der Waals surface area contributed by atoms with Crippen LogP contribution in [0.2, 0.25) is 0 Å². The molecule has 0 heterocycles. The first-order valence-electron chi connectivity index (χ1n) is 3.46. The summed E-state index contributed by atoms with van der Waals surface area (Å²) in [6.07, 6.45) is 0. The molecule has 0 bridgehead atoms. The van der Waals surface area contributed by atoms with Crippen molar-refractivity contribution in [3.8, 4) is 0 Å². The van der Waals surface area contributed by atoms with Gasteiger partial charge in [-0.1, -0.05) is 30.3 Å². The molecule has 0 amide bonds. The summed E-state index contributed by atoms with van der Waals surface area (Å²) < 4.78 is 4.89. The van der Waals surface area contributed by atoms with Crippen LogP contribution in [0.4, 0.5) is 0 Å². The molecule has 1 nitrogen and oxygen atoms in total. The van der Waals surface area contributed by atoms with Crippen LogP contribution in [0.5, 0.6) is 0 Å². The minimum absolute atomic E-state index is 0.353. The van der Waals surface area contributed by atoms with Crippen LogP contribution in [0.25, 0.3) is 0 Å². The van der Waals surface area contributed by atoms with Gasteiger partial charge < -0.3 is 4.74 Å². The van der Waals surface area contributed by atoms with Crippen molar-refractivity contribution in [1.29, 1.82) is 0 Å². The normalized spacial score (nSPS) is 15.9. The molecule has 0 aliphatic carbocycles. The molecular formula is C9H11BrO. The van der Waals surface area contributed by atoms with E-state index in [1.165, 1.54) is 0 Å². The second-order valence-electron chi connectivity index (χ2n) is 2.49. The maximum atomic E-state index is 5.24. The van der Waals surface area contributed by atoms with Crippen LogP contribution in [-0.2, 0) is 9.25 Å². The zero-order valence-corrected chi connectivity index (χ0v) is 8.26. The molecule has 0 aliphatic heterocycles. The van der Waals surface area contributed by atoms with E-state index in [1.807, 2.05) is 37.3 Å². The molecule has 0 fully saturated rings. The quantitative estimate of drug-likeness (QED) is 0.689. The standard InChI is InChI=1S/C9H11BrO/c1-9(10,11-2)8-6-4-3-5-7-8/h3-7H,1-2H3. The molecule has 0 aliphatic rings. The van der Waals surface area contributed by atoms with Crippen LogP contribution in [0.15, 0.2) is 30.3 Å². The van der Waals surface area contributed by atoms with Crippen LogP contribution >= 0.6 is 15.9 Å². The lowest BCUT2D eigenvalue weighted by molar-refractivity contribution is 0.0927. The molecule has 0 spiro atoms. The van der Waals surface area contributed by atoms with Crippen LogP contribution in [0.1, 0.15) is 12.5 Å². The molecule has 11 heavy (non-hydrogen) atoms. The van der Waals surface area contributed by atoms with Gasteiger partial charge in [0.2, 0.25) is 0 Å². The van der Waals surface area contributed by atoms with E-state index >= 15 is 0 Å². The first-order chi connectivity index (χ1) is 5.17. The average Bonchev–Trinajstić information content (AvgIpc) is 2.06. The van der Waals surface area contributed by atoms with Crippen molar-refractivity contribution in [1.82, 2.24) is 0 Å². The Bertz CT molecular complexity index is 218. The highest BCUT2D eigenvalue weighted by Gasteiger charge is 2.20. The van der Waals surface area contributed by atoms with Gasteiger partial charge in [0.25, 0.3) is 0 Å². The van der Waals surface area contributed by atoms with Gasteiger partial charge in [0, 0.05) is 7.11 Å². The Kier molecular flexibility index (Phi) is 2.68. The third kappa shape index (κ3) is 2.04. The minimum Gasteiger partial charge on any atom is -0.363 e. The van der Waals surface area contributed by atoms with Crippen molar-refractivity contribution in [2.75, 3.05) is 7.11 Å². The van der Waals surface area contributed by atoms with Crippen molar-refractivity contribution in [2.45, 2.75) is 11.4 Å². The highest BCUT2D eigenvalue weighted by molar-refractivity contribution is 9.09. The van der Waals surface area contributed by atoms with E-state index in [-0.39, 0.29) is 4.51 Å². The fraction of sp³-hybridized carbons (Fsp3) is 0.333. The number of benzene rings is 1. The first kappa shape index (κ1) is 8.75. The number of methoxy groups -OCH3 is 1. The molecule has 2 heteroatoms. The molecule has 60 valence electrons. The molecule has 0 saturated heterocycles. The SMILES string of the molecule is COC(C)(Br)c1ccccc1. The van der Waals surface area contributed by atoms with Gasteiger partial charge in [-0.2, -0.15) is 0 Å². The van der Waals surface area contributed by atoms with Crippen molar-refractivity contribution in [3.05, 3.63) is 35.9 Å². The molecule has 0 saturated carbocycles. The van der Waals surface area contributed by atoms with Crippen molar-refractivity contribution in [2.24, 2.45) is 0 Å². The Balaban J connectivity index is 2.93. The zero-order valence-electron chi connectivity index (χ0n) is 6.67. The zero-order chi connectivity index (χ0) is 8.32. The van der Waals surface area contributed by atoms with Gasteiger partial charge in [-0.25, -0.2) is 0 Å². The van der Waals surface area contributed by atoms with Gasteiger partial charge in [0.1, 0.15) is 4.51 Å². The summed E-state index contributed by atoms with van der Waals surface area (Å²) in [4.78, 5) is 0. The van der Waals surface area contributed by atoms with Crippen LogP contribution < -0.4 is 0 Å². The second-order valence-corrected chi connectivity index (χ2v) is 4.00. The first-order valence-corrected chi connectivity index (χ1v) is 4.26. The van der Waals surface area contributed by atoms with Crippen LogP contribution in [-0.4, -0.2) is 7.11 Å². The van der Waals surface area contributed by atoms with Gasteiger partial charge in [-0.15, -0.1) is 0 Å². The van der Waals surface area contributed by atoms with E-state index in [9.17, 15) is 0 Å². The number of ether oxygens (including phenoxy) is 1. The average molecular weight is 215 g/mol. The predicted molar refractivity (Wildman–Crippen MR) is 49.7 cm³/mol. The largest absolute Gasteiger partial charge is 0.363 e. The third-order valence-corrected chi connectivity index (χ3v) is 2.45. The molecular weight excluding hydrogens is 204 g/mol. The molecule has 1 atom stereocenters. The highest BCUT2D eigenvalue weighted by Crippen LogP contribution is 2.30. The highest BCUT2D eigenvalue weighted by atomic mass is 79.9. The lowest BCUT2D eigenvalue weighted by Crippen LogP contribution is -2.14. The van der Waals surface area contributed by atoms with E-state index in [4.69, 9.17) is 4.74 Å². The van der Waals surface area contributed by atoms with Gasteiger partial charge in [0.15, 0.2) is 0 Å². The van der Waals surface area contributed by atoms with E-state index < -0.39 is 0 Å². The summed E-state index contributed by atoms with van der Waals surface area (Å²) in [6, 6.07) is 10.0. The van der Waals surface area contributed by atoms with Gasteiger partial charge in [0.05, 0.1) is 0 Å². The monoisotopic (exact) mass is 214 g/mol. The predicted octanol–water partition coefficient (Wildman–Crippen LogP) is 2.90. The fourth-order valence-electron chi connectivity index (χ4n) is 0.854. The Hall–Kier alpha value is -0.340. The van der Waals surface area contributed by atoms with Crippen LogP contribution in [0, 0.1) is 0 Å². The Labute approximate surface area is 75.5 Å². The fourth-order valence-corrected chi connectivity index (χ4v) is 1.12. The maximum Gasteiger partial charge on any atom is 0.144 e.